The summed E-state index contributed by atoms with van der Waals surface area (Å²) in [6.07, 6.45) is 5.37. The standard InChI is InChI=1S/C22H25N5O2/c1-16(17-8-4-2-5-9-17)15-24-21(28)22-25-20(26-29-22)18-10-11-23-19(14-18)27-12-6-3-7-13-27/h2,4-5,8-11,14,16H,3,6-7,12-13,15H2,1H3,(H,24,28). The first-order valence-electron chi connectivity index (χ1n) is 10.1. The highest BCUT2D eigenvalue weighted by atomic mass is 16.5. The van der Waals surface area contributed by atoms with Crippen LogP contribution in [-0.2, 0) is 0 Å². The Balaban J connectivity index is 1.41. The smallest absolute Gasteiger partial charge is 0.316 e. The number of carbonyl (C=O) groups excluding carboxylic acids is 1. The van der Waals surface area contributed by atoms with E-state index in [-0.39, 0.29) is 17.7 Å². The largest absolute Gasteiger partial charge is 0.357 e. The second-order valence-corrected chi connectivity index (χ2v) is 7.40. The molecule has 1 unspecified atom stereocenters. The summed E-state index contributed by atoms with van der Waals surface area (Å²) in [6, 6.07) is 13.8. The van der Waals surface area contributed by atoms with Crippen molar-refractivity contribution >= 4 is 11.7 Å². The van der Waals surface area contributed by atoms with Crippen molar-refractivity contribution in [3.8, 4) is 11.4 Å². The zero-order valence-electron chi connectivity index (χ0n) is 16.5. The molecule has 1 amide bonds. The highest BCUT2D eigenvalue weighted by Crippen LogP contribution is 2.23. The number of nitrogens with one attached hydrogen (secondary N) is 1. The van der Waals surface area contributed by atoms with Gasteiger partial charge in [-0.2, -0.15) is 4.98 Å². The Kier molecular flexibility index (Phi) is 5.84. The van der Waals surface area contributed by atoms with E-state index < -0.39 is 0 Å². The Hall–Kier alpha value is -3.22. The first-order valence-corrected chi connectivity index (χ1v) is 10.1. The van der Waals surface area contributed by atoms with Crippen LogP contribution >= 0.6 is 0 Å². The van der Waals surface area contributed by atoms with Crippen molar-refractivity contribution in [2.45, 2.75) is 32.1 Å². The van der Waals surface area contributed by atoms with Gasteiger partial charge in [0.1, 0.15) is 5.82 Å². The quantitative estimate of drug-likeness (QED) is 0.690. The molecule has 1 aromatic carbocycles. The van der Waals surface area contributed by atoms with Gasteiger partial charge in [0.15, 0.2) is 0 Å². The third kappa shape index (κ3) is 4.62. The van der Waals surface area contributed by atoms with Crippen LogP contribution in [0.1, 0.15) is 48.4 Å². The number of hydrogen-bond donors (Lipinski definition) is 1. The van der Waals surface area contributed by atoms with E-state index in [2.05, 4.69) is 32.3 Å². The molecule has 0 radical (unpaired) electrons. The number of anilines is 1. The van der Waals surface area contributed by atoms with Crippen LogP contribution in [0.15, 0.2) is 53.2 Å². The van der Waals surface area contributed by atoms with Gasteiger partial charge in [-0.05, 0) is 42.9 Å². The fraction of sp³-hybridized carbons (Fsp3) is 0.364. The molecule has 3 heterocycles. The molecular formula is C22H25N5O2. The van der Waals surface area contributed by atoms with Crippen molar-refractivity contribution < 1.29 is 9.32 Å². The van der Waals surface area contributed by atoms with Crippen LogP contribution in [0.4, 0.5) is 5.82 Å². The molecule has 0 bridgehead atoms. The summed E-state index contributed by atoms with van der Waals surface area (Å²) in [6.45, 7) is 4.58. The zero-order chi connectivity index (χ0) is 20.1. The lowest BCUT2D eigenvalue weighted by molar-refractivity contribution is 0.0908. The SMILES string of the molecule is CC(CNC(=O)c1nc(-c2ccnc(N3CCCCC3)c2)no1)c1ccccc1. The Morgan fingerprint density at radius 3 is 2.76 bits per heavy atom. The number of hydrogen-bond acceptors (Lipinski definition) is 6. The van der Waals surface area contributed by atoms with E-state index >= 15 is 0 Å². The van der Waals surface area contributed by atoms with Gasteiger partial charge < -0.3 is 14.7 Å². The third-order valence-electron chi connectivity index (χ3n) is 5.24. The number of aromatic nitrogens is 3. The van der Waals surface area contributed by atoms with E-state index in [0.717, 1.165) is 24.5 Å². The molecule has 1 fully saturated rings. The van der Waals surface area contributed by atoms with Crippen LogP contribution in [0.3, 0.4) is 0 Å². The fourth-order valence-electron chi connectivity index (χ4n) is 3.51. The Labute approximate surface area is 170 Å². The van der Waals surface area contributed by atoms with E-state index in [1.807, 2.05) is 42.5 Å². The van der Waals surface area contributed by atoms with E-state index in [1.54, 1.807) is 6.20 Å². The van der Waals surface area contributed by atoms with Crippen LogP contribution in [0.5, 0.6) is 0 Å². The number of amides is 1. The molecule has 1 aliphatic rings. The van der Waals surface area contributed by atoms with Gasteiger partial charge in [-0.25, -0.2) is 4.98 Å². The topological polar surface area (TPSA) is 84.2 Å². The number of benzene rings is 1. The van der Waals surface area contributed by atoms with Crippen LogP contribution < -0.4 is 10.2 Å². The molecule has 7 nitrogen and oxygen atoms in total. The Morgan fingerprint density at radius 1 is 1.17 bits per heavy atom. The van der Waals surface area contributed by atoms with Crippen LogP contribution in [-0.4, -0.2) is 40.7 Å². The Bertz CT molecular complexity index is 951. The van der Waals surface area contributed by atoms with E-state index in [0.29, 0.717) is 12.4 Å². The molecule has 3 aromatic rings. The molecule has 1 saturated heterocycles. The molecule has 1 N–H and O–H groups in total. The second-order valence-electron chi connectivity index (χ2n) is 7.40. The molecule has 2 aromatic heterocycles. The third-order valence-corrected chi connectivity index (χ3v) is 5.24. The molecule has 1 atom stereocenters. The van der Waals surface area contributed by atoms with Crippen LogP contribution in [0, 0.1) is 0 Å². The first-order chi connectivity index (χ1) is 14.2. The van der Waals surface area contributed by atoms with Crippen molar-refractivity contribution in [2.75, 3.05) is 24.5 Å². The molecule has 4 rings (SSSR count). The van der Waals surface area contributed by atoms with E-state index in [1.165, 1.54) is 24.8 Å². The maximum Gasteiger partial charge on any atom is 0.316 e. The van der Waals surface area contributed by atoms with Crippen molar-refractivity contribution in [1.29, 1.82) is 0 Å². The summed E-state index contributed by atoms with van der Waals surface area (Å²) < 4.78 is 5.20. The maximum absolute atomic E-state index is 12.4. The van der Waals surface area contributed by atoms with Crippen molar-refractivity contribution in [2.24, 2.45) is 0 Å². The van der Waals surface area contributed by atoms with E-state index in [4.69, 9.17) is 4.52 Å². The molecule has 0 aliphatic carbocycles. The first kappa shape index (κ1) is 19.1. The molecular weight excluding hydrogens is 366 g/mol. The lowest BCUT2D eigenvalue weighted by Gasteiger charge is -2.27. The highest BCUT2D eigenvalue weighted by Gasteiger charge is 2.18. The number of nitrogens with zero attached hydrogens (tertiary/aromatic N) is 4. The summed E-state index contributed by atoms with van der Waals surface area (Å²) in [5, 5.41) is 6.86. The van der Waals surface area contributed by atoms with Gasteiger partial charge >= 0.3 is 11.8 Å². The predicted molar refractivity (Wildman–Crippen MR) is 111 cm³/mol. The minimum Gasteiger partial charge on any atom is -0.357 e. The summed E-state index contributed by atoms with van der Waals surface area (Å²) in [7, 11) is 0. The average Bonchev–Trinajstić information content (AvgIpc) is 3.29. The van der Waals surface area contributed by atoms with Crippen molar-refractivity contribution in [3.63, 3.8) is 0 Å². The van der Waals surface area contributed by atoms with Gasteiger partial charge in [-0.1, -0.05) is 42.4 Å². The molecule has 0 spiro atoms. The summed E-state index contributed by atoms with van der Waals surface area (Å²) in [5.41, 5.74) is 1.96. The lowest BCUT2D eigenvalue weighted by Crippen LogP contribution is -2.30. The summed E-state index contributed by atoms with van der Waals surface area (Å²) in [4.78, 5) is 23.4. The van der Waals surface area contributed by atoms with Gasteiger partial charge in [0.25, 0.3) is 0 Å². The highest BCUT2D eigenvalue weighted by molar-refractivity contribution is 5.89. The second kappa shape index (κ2) is 8.86. The molecule has 29 heavy (non-hydrogen) atoms. The molecule has 1 aliphatic heterocycles. The number of piperidine rings is 1. The zero-order valence-corrected chi connectivity index (χ0v) is 16.5. The van der Waals surface area contributed by atoms with Gasteiger partial charge in [-0.15, -0.1) is 0 Å². The molecule has 0 saturated carbocycles. The van der Waals surface area contributed by atoms with Gasteiger partial charge in [0.2, 0.25) is 5.82 Å². The molecule has 150 valence electrons. The van der Waals surface area contributed by atoms with Gasteiger partial charge in [0, 0.05) is 31.4 Å². The summed E-state index contributed by atoms with van der Waals surface area (Å²) >= 11 is 0. The lowest BCUT2D eigenvalue weighted by atomic mass is 10.0. The maximum atomic E-state index is 12.4. The Morgan fingerprint density at radius 2 is 1.97 bits per heavy atom. The van der Waals surface area contributed by atoms with Gasteiger partial charge in [-0.3, -0.25) is 4.79 Å². The van der Waals surface area contributed by atoms with Gasteiger partial charge in [0.05, 0.1) is 0 Å². The normalized spacial score (nSPS) is 15.1. The van der Waals surface area contributed by atoms with Crippen LogP contribution in [0.25, 0.3) is 11.4 Å². The monoisotopic (exact) mass is 391 g/mol. The molecule has 7 heteroatoms. The number of pyridine rings is 1. The summed E-state index contributed by atoms with van der Waals surface area (Å²) in [5.74, 6) is 1.10. The minimum absolute atomic E-state index is 0.0309. The van der Waals surface area contributed by atoms with Crippen LogP contribution in [0.2, 0.25) is 0 Å². The van der Waals surface area contributed by atoms with Crippen molar-refractivity contribution in [3.05, 3.63) is 60.1 Å². The number of rotatable bonds is 6. The van der Waals surface area contributed by atoms with E-state index in [9.17, 15) is 4.79 Å². The predicted octanol–water partition coefficient (Wildman–Crippen LogP) is 3.66. The average molecular weight is 391 g/mol. The fourth-order valence-corrected chi connectivity index (χ4v) is 3.51. The minimum atomic E-state index is -0.364. The van der Waals surface area contributed by atoms with Crippen molar-refractivity contribution in [1.82, 2.24) is 20.4 Å². The number of carbonyl (C=O) groups is 1.